The number of hydrogen-bond donors (Lipinski definition) is 1. The molecule has 0 radical (unpaired) electrons. The molecule has 1 aliphatic heterocycles. The van der Waals surface area contributed by atoms with E-state index in [0.717, 1.165) is 17.1 Å². The highest BCUT2D eigenvalue weighted by Gasteiger charge is 2.25. The molecule has 1 N–H and O–H groups in total. The van der Waals surface area contributed by atoms with E-state index in [1.807, 2.05) is 0 Å². The topological polar surface area (TPSA) is 83.9 Å². The molecule has 1 aliphatic rings. The van der Waals surface area contributed by atoms with Crippen molar-refractivity contribution >= 4 is 17.8 Å². The number of carbonyl (C=O) groups excluding carboxylic acids is 3. The van der Waals surface area contributed by atoms with Gasteiger partial charge in [-0.3, -0.25) is 19.3 Å². The van der Waals surface area contributed by atoms with E-state index in [0.29, 0.717) is 12.8 Å². The zero-order valence-electron chi connectivity index (χ0n) is 8.72. The number of rotatable bonds is 6. The zero-order chi connectivity index (χ0) is 12.0. The predicted molar refractivity (Wildman–Crippen MR) is 53.1 cm³/mol. The van der Waals surface area contributed by atoms with E-state index in [9.17, 15) is 14.4 Å². The average molecular weight is 227 g/mol. The normalized spacial score (nSPS) is 14.7. The minimum atomic E-state index is -0.622. The largest absolute Gasteiger partial charge is 0.464 e. The van der Waals surface area contributed by atoms with E-state index in [1.165, 1.54) is 0 Å². The van der Waals surface area contributed by atoms with Crippen LogP contribution in [0.3, 0.4) is 0 Å². The Morgan fingerprint density at radius 3 is 2.44 bits per heavy atom. The predicted octanol–water partition coefficient (Wildman–Crippen LogP) is -0.773. The molecule has 0 aromatic carbocycles. The molecule has 0 spiro atoms. The number of nitrogens with zero attached hydrogens (tertiary/aromatic N) is 1. The maximum atomic E-state index is 11.2. The highest BCUT2D eigenvalue weighted by atomic mass is 16.5. The van der Waals surface area contributed by atoms with Crippen molar-refractivity contribution in [3.05, 3.63) is 12.2 Å². The number of aliphatic hydroxyl groups is 1. The number of amides is 2. The molecule has 0 unspecified atom stereocenters. The Kier molecular flexibility index (Phi) is 4.65. The Hall–Kier alpha value is -1.69. The van der Waals surface area contributed by atoms with Crippen molar-refractivity contribution in [2.24, 2.45) is 0 Å². The lowest BCUT2D eigenvalue weighted by Gasteiger charge is -2.12. The van der Waals surface area contributed by atoms with Gasteiger partial charge in [-0.15, -0.1) is 0 Å². The Labute approximate surface area is 92.5 Å². The molecule has 1 heterocycles. The Bertz CT molecular complexity index is 305. The molecule has 16 heavy (non-hydrogen) atoms. The van der Waals surface area contributed by atoms with Gasteiger partial charge in [-0.2, -0.15) is 0 Å². The molecule has 0 bridgehead atoms. The third kappa shape index (κ3) is 3.47. The second-order valence-corrected chi connectivity index (χ2v) is 3.25. The first-order chi connectivity index (χ1) is 7.65. The second kappa shape index (κ2) is 6.02. The maximum Gasteiger partial charge on any atom is 0.326 e. The van der Waals surface area contributed by atoms with Gasteiger partial charge in [-0.25, -0.2) is 0 Å². The second-order valence-electron chi connectivity index (χ2n) is 3.25. The van der Waals surface area contributed by atoms with Gasteiger partial charge in [0.25, 0.3) is 11.8 Å². The van der Waals surface area contributed by atoms with Crippen LogP contribution >= 0.6 is 0 Å². The zero-order valence-corrected chi connectivity index (χ0v) is 8.72. The first kappa shape index (κ1) is 12.4. The van der Waals surface area contributed by atoms with Crippen LogP contribution in [0.1, 0.15) is 12.8 Å². The van der Waals surface area contributed by atoms with E-state index >= 15 is 0 Å². The third-order valence-corrected chi connectivity index (χ3v) is 2.00. The first-order valence-corrected chi connectivity index (χ1v) is 4.95. The lowest BCUT2D eigenvalue weighted by atomic mass is 10.3. The molecule has 6 nitrogen and oxygen atoms in total. The van der Waals surface area contributed by atoms with Crippen molar-refractivity contribution in [3.63, 3.8) is 0 Å². The standard InChI is InChI=1S/C10H13NO5/c12-5-1-2-6-16-10(15)7-11-8(13)3-4-9(11)14/h3-4,12H,1-2,5-7H2. The van der Waals surface area contributed by atoms with E-state index in [2.05, 4.69) is 0 Å². The number of imide groups is 1. The van der Waals surface area contributed by atoms with Gasteiger partial charge in [0.2, 0.25) is 0 Å². The van der Waals surface area contributed by atoms with Gasteiger partial charge >= 0.3 is 5.97 Å². The summed E-state index contributed by atoms with van der Waals surface area (Å²) < 4.78 is 4.78. The number of carbonyl (C=O) groups is 3. The number of esters is 1. The first-order valence-electron chi connectivity index (χ1n) is 4.95. The van der Waals surface area contributed by atoms with Gasteiger partial charge in [0, 0.05) is 18.8 Å². The molecular weight excluding hydrogens is 214 g/mol. The lowest BCUT2D eigenvalue weighted by Crippen LogP contribution is -2.35. The van der Waals surface area contributed by atoms with E-state index in [1.54, 1.807) is 0 Å². The fourth-order valence-electron chi connectivity index (χ4n) is 1.16. The van der Waals surface area contributed by atoms with Gasteiger partial charge in [0.05, 0.1) is 6.61 Å². The number of ether oxygens (including phenoxy) is 1. The van der Waals surface area contributed by atoms with Gasteiger partial charge < -0.3 is 9.84 Å². The van der Waals surface area contributed by atoms with Crippen LogP contribution in [0, 0.1) is 0 Å². The highest BCUT2D eigenvalue weighted by molar-refractivity contribution is 6.14. The Morgan fingerprint density at radius 2 is 1.88 bits per heavy atom. The van der Waals surface area contributed by atoms with Crippen LogP contribution in [0.4, 0.5) is 0 Å². The quantitative estimate of drug-likeness (QED) is 0.366. The molecule has 0 saturated carbocycles. The van der Waals surface area contributed by atoms with E-state index in [-0.39, 0.29) is 19.8 Å². The number of hydrogen-bond acceptors (Lipinski definition) is 5. The minimum Gasteiger partial charge on any atom is -0.464 e. The van der Waals surface area contributed by atoms with Crippen molar-refractivity contribution in [3.8, 4) is 0 Å². The summed E-state index contributed by atoms with van der Waals surface area (Å²) in [6.45, 7) is -0.128. The van der Waals surface area contributed by atoms with Crippen LogP contribution in [0.15, 0.2) is 12.2 Å². The summed E-state index contributed by atoms with van der Waals surface area (Å²) in [4.78, 5) is 34.2. The fraction of sp³-hybridized carbons (Fsp3) is 0.500. The summed E-state index contributed by atoms with van der Waals surface area (Å²) in [6, 6.07) is 0. The summed E-state index contributed by atoms with van der Waals surface area (Å²) in [7, 11) is 0. The summed E-state index contributed by atoms with van der Waals surface area (Å²) >= 11 is 0. The Morgan fingerprint density at radius 1 is 1.25 bits per heavy atom. The van der Waals surface area contributed by atoms with Gasteiger partial charge in [-0.05, 0) is 12.8 Å². The van der Waals surface area contributed by atoms with Crippen LogP contribution in [-0.2, 0) is 19.1 Å². The lowest BCUT2D eigenvalue weighted by molar-refractivity contribution is -0.151. The van der Waals surface area contributed by atoms with Crippen molar-refractivity contribution < 1.29 is 24.2 Å². The monoisotopic (exact) mass is 227 g/mol. The molecule has 0 aromatic rings. The van der Waals surface area contributed by atoms with Crippen molar-refractivity contribution in [1.82, 2.24) is 4.90 Å². The van der Waals surface area contributed by atoms with Gasteiger partial charge in [0.1, 0.15) is 6.54 Å². The maximum absolute atomic E-state index is 11.2. The van der Waals surface area contributed by atoms with E-state index in [4.69, 9.17) is 9.84 Å². The molecule has 2 amide bonds. The van der Waals surface area contributed by atoms with Crippen LogP contribution in [0.25, 0.3) is 0 Å². The van der Waals surface area contributed by atoms with Crippen LogP contribution < -0.4 is 0 Å². The average Bonchev–Trinajstić information content (AvgIpc) is 2.56. The summed E-state index contributed by atoms with van der Waals surface area (Å²) in [5.74, 6) is -1.63. The van der Waals surface area contributed by atoms with E-state index < -0.39 is 17.8 Å². The molecule has 0 atom stereocenters. The van der Waals surface area contributed by atoms with Crippen LogP contribution in [-0.4, -0.2) is 47.5 Å². The number of aliphatic hydroxyl groups excluding tert-OH is 1. The minimum absolute atomic E-state index is 0.0462. The third-order valence-electron chi connectivity index (χ3n) is 2.00. The molecular formula is C10H13NO5. The van der Waals surface area contributed by atoms with Crippen molar-refractivity contribution in [1.29, 1.82) is 0 Å². The molecule has 0 saturated heterocycles. The Balaban J connectivity index is 2.24. The molecule has 6 heteroatoms. The summed E-state index contributed by atoms with van der Waals surface area (Å²) in [6.07, 6.45) is 3.33. The molecule has 0 fully saturated rings. The van der Waals surface area contributed by atoms with Crippen LogP contribution in [0.2, 0.25) is 0 Å². The van der Waals surface area contributed by atoms with Crippen molar-refractivity contribution in [2.45, 2.75) is 12.8 Å². The molecule has 1 rings (SSSR count). The van der Waals surface area contributed by atoms with Crippen molar-refractivity contribution in [2.75, 3.05) is 19.8 Å². The SMILES string of the molecule is O=C(CN1C(=O)C=CC1=O)OCCCCO. The summed E-state index contributed by atoms with van der Waals surface area (Å²) in [5, 5.41) is 8.48. The number of unbranched alkanes of at least 4 members (excludes halogenated alkanes) is 1. The molecule has 0 aliphatic carbocycles. The smallest absolute Gasteiger partial charge is 0.326 e. The molecule has 0 aromatic heterocycles. The molecule has 88 valence electrons. The highest BCUT2D eigenvalue weighted by Crippen LogP contribution is 2.03. The van der Waals surface area contributed by atoms with Gasteiger partial charge in [0.15, 0.2) is 0 Å². The van der Waals surface area contributed by atoms with Crippen LogP contribution in [0.5, 0.6) is 0 Å². The fourth-order valence-corrected chi connectivity index (χ4v) is 1.16. The summed E-state index contributed by atoms with van der Waals surface area (Å²) in [5.41, 5.74) is 0. The van der Waals surface area contributed by atoms with Gasteiger partial charge in [-0.1, -0.05) is 0 Å².